The van der Waals surface area contributed by atoms with Gasteiger partial charge in [0.2, 0.25) is 0 Å². The van der Waals surface area contributed by atoms with Gasteiger partial charge in [0.15, 0.2) is 0 Å². The molecule has 176 valence electrons. The molecule has 0 nitrogen and oxygen atoms in total. The number of hydrogen-bond donors (Lipinski definition) is 0. The molecule has 0 amide bonds. The van der Waals surface area contributed by atoms with Crippen LogP contribution < -0.4 is 0 Å². The van der Waals surface area contributed by atoms with Crippen LogP contribution in [0.2, 0.25) is 0 Å². The average molecular weight is 433 g/mol. The van der Waals surface area contributed by atoms with Gasteiger partial charge in [-0.25, -0.2) is 0 Å². The summed E-state index contributed by atoms with van der Waals surface area (Å²) < 4.78 is 0. The summed E-state index contributed by atoms with van der Waals surface area (Å²) in [5.74, 6) is 5.70. The molecule has 0 aliphatic heterocycles. The van der Waals surface area contributed by atoms with Crippen LogP contribution in [0.5, 0.6) is 0 Å². The van der Waals surface area contributed by atoms with Crippen LogP contribution >= 0.6 is 0 Å². The summed E-state index contributed by atoms with van der Waals surface area (Å²) >= 11 is 0. The highest BCUT2D eigenvalue weighted by Crippen LogP contribution is 2.68. The Morgan fingerprint density at radius 2 is 1.66 bits per heavy atom. The second kappa shape index (κ2) is 8.63. The Balaban J connectivity index is 1.33. The third-order valence-electron chi connectivity index (χ3n) is 11.2. The van der Waals surface area contributed by atoms with Gasteiger partial charge in [-0.1, -0.05) is 89.8 Å². The summed E-state index contributed by atoms with van der Waals surface area (Å²) in [5, 5.41) is 0. The molecule has 0 bridgehead atoms. The molecule has 7 atom stereocenters. The standard InChI is InChI=1S/C32H48/c1-22(2)9-8-10-23(3)28-15-16-29-27-14-13-26-21-25(24-11-6-7-12-24)17-19-31(26,4)30(27)18-20-32(28,29)5/h6-7,11-12,21-23,27-30H,8-10,13-20H2,1-5H3/t23-,27+,28-,29+,30+,31+,32-/m1/s1. The lowest BCUT2D eigenvalue weighted by Crippen LogP contribution is -2.50. The SMILES string of the molecule is CC(C)CCC[C@@H](C)[C@H]1CC[C@H]2[C@@H]3CCC4=CC(=C5C=CC=C5)CC[C@]4(C)[C@H]3CC[C@]12C. The molecule has 5 aliphatic carbocycles. The summed E-state index contributed by atoms with van der Waals surface area (Å²) in [6.07, 6.45) is 27.5. The van der Waals surface area contributed by atoms with Crippen LogP contribution in [0.4, 0.5) is 0 Å². The van der Waals surface area contributed by atoms with E-state index in [9.17, 15) is 0 Å². The van der Waals surface area contributed by atoms with Crippen LogP contribution in [0.3, 0.4) is 0 Å². The first-order chi connectivity index (χ1) is 15.3. The van der Waals surface area contributed by atoms with E-state index in [2.05, 4.69) is 65.0 Å². The molecule has 0 aromatic heterocycles. The number of fused-ring (bicyclic) bond motifs is 5. The summed E-state index contributed by atoms with van der Waals surface area (Å²) in [5.41, 5.74) is 5.99. The van der Waals surface area contributed by atoms with E-state index in [1.165, 1.54) is 76.2 Å². The third kappa shape index (κ3) is 3.73. The van der Waals surface area contributed by atoms with Crippen molar-refractivity contribution in [1.82, 2.24) is 0 Å². The van der Waals surface area contributed by atoms with Gasteiger partial charge in [0.05, 0.1) is 0 Å². The van der Waals surface area contributed by atoms with Crippen LogP contribution in [0.15, 0.2) is 47.1 Å². The van der Waals surface area contributed by atoms with E-state index in [4.69, 9.17) is 0 Å². The smallest absolute Gasteiger partial charge is 0.00790 e. The average Bonchev–Trinajstić information content (AvgIpc) is 3.40. The van der Waals surface area contributed by atoms with E-state index in [0.29, 0.717) is 10.8 Å². The molecule has 0 heteroatoms. The van der Waals surface area contributed by atoms with E-state index in [1.807, 2.05) is 0 Å². The lowest BCUT2D eigenvalue weighted by atomic mass is 9.46. The van der Waals surface area contributed by atoms with Crippen molar-refractivity contribution in [3.8, 4) is 0 Å². The van der Waals surface area contributed by atoms with Crippen molar-refractivity contribution in [3.63, 3.8) is 0 Å². The minimum atomic E-state index is 0.474. The predicted molar refractivity (Wildman–Crippen MR) is 138 cm³/mol. The second-order valence-electron chi connectivity index (χ2n) is 13.2. The van der Waals surface area contributed by atoms with E-state index in [1.54, 1.807) is 11.1 Å². The summed E-state index contributed by atoms with van der Waals surface area (Å²) in [7, 11) is 0. The maximum atomic E-state index is 2.74. The highest BCUT2D eigenvalue weighted by molar-refractivity contribution is 5.49. The van der Waals surface area contributed by atoms with Gasteiger partial charge < -0.3 is 0 Å². The zero-order valence-corrected chi connectivity index (χ0v) is 21.6. The first-order valence-corrected chi connectivity index (χ1v) is 14.1. The van der Waals surface area contributed by atoms with Gasteiger partial charge in [-0.2, -0.15) is 0 Å². The molecular formula is C32H48. The van der Waals surface area contributed by atoms with Gasteiger partial charge in [-0.05, 0) is 109 Å². The van der Waals surface area contributed by atoms with Crippen LogP contribution in [-0.4, -0.2) is 0 Å². The zero-order chi connectivity index (χ0) is 22.5. The molecule has 3 saturated carbocycles. The van der Waals surface area contributed by atoms with E-state index in [0.717, 1.165) is 35.5 Å². The summed E-state index contributed by atoms with van der Waals surface area (Å²) in [6, 6.07) is 0. The van der Waals surface area contributed by atoms with Crippen LogP contribution in [0.25, 0.3) is 0 Å². The monoisotopic (exact) mass is 432 g/mol. The topological polar surface area (TPSA) is 0 Å². The molecule has 0 spiro atoms. The van der Waals surface area contributed by atoms with E-state index in [-0.39, 0.29) is 0 Å². The van der Waals surface area contributed by atoms with Gasteiger partial charge in [0.1, 0.15) is 0 Å². The fourth-order valence-corrected chi connectivity index (χ4v) is 9.43. The Labute approximate surface area is 198 Å². The van der Waals surface area contributed by atoms with Crippen molar-refractivity contribution in [2.45, 2.75) is 105 Å². The highest BCUT2D eigenvalue weighted by Gasteiger charge is 2.59. The lowest BCUT2D eigenvalue weighted by Gasteiger charge is -2.59. The molecular weight excluding hydrogens is 384 g/mol. The first kappa shape index (κ1) is 22.7. The fourth-order valence-electron chi connectivity index (χ4n) is 9.43. The molecule has 0 N–H and O–H groups in total. The molecule has 5 aliphatic rings. The van der Waals surface area contributed by atoms with Crippen molar-refractivity contribution < 1.29 is 0 Å². The second-order valence-corrected chi connectivity index (χ2v) is 13.2. The van der Waals surface area contributed by atoms with E-state index >= 15 is 0 Å². The minimum Gasteiger partial charge on any atom is -0.0637 e. The Kier molecular flexibility index (Phi) is 6.13. The Morgan fingerprint density at radius 3 is 2.41 bits per heavy atom. The first-order valence-electron chi connectivity index (χ1n) is 14.1. The van der Waals surface area contributed by atoms with Crippen molar-refractivity contribution in [3.05, 3.63) is 47.1 Å². The zero-order valence-electron chi connectivity index (χ0n) is 21.6. The fraction of sp³-hybridized carbons (Fsp3) is 0.750. The third-order valence-corrected chi connectivity index (χ3v) is 11.2. The van der Waals surface area contributed by atoms with E-state index < -0.39 is 0 Å². The van der Waals surface area contributed by atoms with Crippen molar-refractivity contribution >= 4 is 0 Å². The molecule has 32 heavy (non-hydrogen) atoms. The Morgan fingerprint density at radius 1 is 0.875 bits per heavy atom. The lowest BCUT2D eigenvalue weighted by molar-refractivity contribution is -0.0581. The van der Waals surface area contributed by atoms with Gasteiger partial charge in [-0.15, -0.1) is 0 Å². The maximum absolute atomic E-state index is 2.74. The molecule has 0 heterocycles. The minimum absolute atomic E-state index is 0.474. The summed E-state index contributed by atoms with van der Waals surface area (Å²) in [6.45, 7) is 12.8. The quantitative estimate of drug-likeness (QED) is 0.406. The van der Waals surface area contributed by atoms with Gasteiger partial charge in [-0.3, -0.25) is 0 Å². The van der Waals surface area contributed by atoms with Gasteiger partial charge >= 0.3 is 0 Å². The molecule has 0 unspecified atom stereocenters. The molecule has 0 saturated heterocycles. The van der Waals surface area contributed by atoms with Crippen molar-refractivity contribution in [2.75, 3.05) is 0 Å². The molecule has 0 aromatic rings. The normalized spacial score (nSPS) is 41.5. The summed E-state index contributed by atoms with van der Waals surface area (Å²) in [4.78, 5) is 0. The van der Waals surface area contributed by atoms with Crippen molar-refractivity contribution in [2.24, 2.45) is 46.3 Å². The van der Waals surface area contributed by atoms with Crippen LogP contribution in [-0.2, 0) is 0 Å². The Bertz CT molecular complexity index is 820. The van der Waals surface area contributed by atoms with Gasteiger partial charge in [0.25, 0.3) is 0 Å². The number of allylic oxidation sites excluding steroid dienone is 8. The number of hydrogen-bond acceptors (Lipinski definition) is 0. The van der Waals surface area contributed by atoms with Crippen molar-refractivity contribution in [1.29, 1.82) is 0 Å². The molecule has 0 aromatic carbocycles. The highest BCUT2D eigenvalue weighted by atomic mass is 14.6. The van der Waals surface area contributed by atoms with Gasteiger partial charge in [0, 0.05) is 0 Å². The molecule has 3 fully saturated rings. The van der Waals surface area contributed by atoms with Crippen LogP contribution in [0, 0.1) is 46.3 Å². The Hall–Kier alpha value is -1.04. The van der Waals surface area contributed by atoms with Crippen LogP contribution in [0.1, 0.15) is 105 Å². The largest absolute Gasteiger partial charge is 0.0637 e. The number of rotatable bonds is 5. The maximum Gasteiger partial charge on any atom is -0.00790 e. The predicted octanol–water partition coefficient (Wildman–Crippen LogP) is 9.45. The molecule has 5 rings (SSSR count). The molecule has 0 radical (unpaired) electrons.